The van der Waals surface area contributed by atoms with Gasteiger partial charge in [0.15, 0.2) is 0 Å². The van der Waals surface area contributed by atoms with Gasteiger partial charge in [-0.1, -0.05) is 18.2 Å². The Morgan fingerprint density at radius 3 is 2.30 bits per heavy atom. The van der Waals surface area contributed by atoms with E-state index < -0.39 is 33.8 Å². The molecule has 0 atom stereocenters. The van der Waals surface area contributed by atoms with Crippen molar-refractivity contribution in [2.24, 2.45) is 0 Å². The highest BCUT2D eigenvalue weighted by molar-refractivity contribution is 5.67. The predicted molar refractivity (Wildman–Crippen MR) is 73.5 cm³/mol. The van der Waals surface area contributed by atoms with Crippen molar-refractivity contribution in [3.8, 4) is 5.88 Å². The molecule has 0 amide bonds. The fourth-order valence-electron chi connectivity index (χ4n) is 1.67. The molecule has 0 bridgehead atoms. The molecule has 2 rings (SSSR count). The lowest BCUT2D eigenvalue weighted by atomic mass is 10.1. The summed E-state index contributed by atoms with van der Waals surface area (Å²) in [5.74, 6) is -1.23. The number of H-pyrrole nitrogens is 1. The van der Waals surface area contributed by atoms with Crippen molar-refractivity contribution in [1.29, 1.82) is 0 Å². The molecule has 10 heteroatoms. The van der Waals surface area contributed by atoms with Crippen molar-refractivity contribution in [2.45, 2.75) is 6.18 Å². The second-order valence-corrected chi connectivity index (χ2v) is 4.33. The molecule has 0 spiro atoms. The lowest BCUT2D eigenvalue weighted by Gasteiger charge is -2.05. The van der Waals surface area contributed by atoms with Gasteiger partial charge in [0.05, 0.1) is 10.5 Å². The van der Waals surface area contributed by atoms with E-state index in [-0.39, 0.29) is 5.82 Å². The largest absolute Gasteiger partial charge is 0.488 e. The van der Waals surface area contributed by atoms with Crippen LogP contribution in [0.5, 0.6) is 5.88 Å². The molecule has 23 heavy (non-hydrogen) atoms. The van der Waals surface area contributed by atoms with E-state index in [1.165, 1.54) is 24.3 Å². The maximum atomic E-state index is 12.4. The van der Waals surface area contributed by atoms with Crippen LogP contribution in [0.1, 0.15) is 17.0 Å². The molecule has 1 heterocycles. The van der Waals surface area contributed by atoms with E-state index in [0.717, 1.165) is 12.1 Å². The lowest BCUT2D eigenvalue weighted by molar-refractivity contribution is -0.387. The number of benzene rings is 1. The predicted octanol–water partition coefficient (Wildman–Crippen LogP) is 2.57. The maximum Gasteiger partial charge on any atom is 0.416 e. The third-order valence-electron chi connectivity index (χ3n) is 2.75. The Morgan fingerprint density at radius 1 is 1.22 bits per heavy atom. The van der Waals surface area contributed by atoms with Gasteiger partial charge in [-0.25, -0.2) is 0 Å². The van der Waals surface area contributed by atoms with E-state index in [4.69, 9.17) is 0 Å². The van der Waals surface area contributed by atoms with Gasteiger partial charge >= 0.3 is 17.4 Å². The number of nitro groups is 1. The van der Waals surface area contributed by atoms with Crippen LogP contribution in [0, 0.1) is 10.1 Å². The summed E-state index contributed by atoms with van der Waals surface area (Å²) in [6.07, 6.45) is -1.93. The first-order valence-corrected chi connectivity index (χ1v) is 6.01. The number of rotatable bonds is 3. The van der Waals surface area contributed by atoms with Crippen LogP contribution in [0.4, 0.5) is 18.9 Å². The molecule has 0 fully saturated rings. The monoisotopic (exact) mass is 327 g/mol. The zero-order chi connectivity index (χ0) is 17.2. The summed E-state index contributed by atoms with van der Waals surface area (Å²) in [7, 11) is 0. The van der Waals surface area contributed by atoms with E-state index >= 15 is 0 Å². The summed E-state index contributed by atoms with van der Waals surface area (Å²) in [6, 6.07) is 4.15. The number of nitrogens with one attached hydrogen (secondary N) is 1. The van der Waals surface area contributed by atoms with Crippen LogP contribution in [-0.4, -0.2) is 20.0 Å². The third-order valence-corrected chi connectivity index (χ3v) is 2.75. The van der Waals surface area contributed by atoms with E-state index in [2.05, 4.69) is 9.97 Å². The zero-order valence-electron chi connectivity index (χ0n) is 11.2. The molecular weight excluding hydrogens is 319 g/mol. The molecule has 0 aliphatic heterocycles. The molecule has 7 nitrogen and oxygen atoms in total. The summed E-state index contributed by atoms with van der Waals surface area (Å²) in [6.45, 7) is 0. The summed E-state index contributed by atoms with van der Waals surface area (Å²) in [4.78, 5) is 26.3. The van der Waals surface area contributed by atoms with Gasteiger partial charge in [0.2, 0.25) is 0 Å². The lowest BCUT2D eigenvalue weighted by Crippen LogP contribution is -2.14. The quantitative estimate of drug-likeness (QED) is 0.665. The number of aromatic nitrogens is 2. The number of nitrogens with zero attached hydrogens (tertiary/aromatic N) is 2. The Hall–Kier alpha value is -3.17. The van der Waals surface area contributed by atoms with E-state index in [1.54, 1.807) is 0 Å². The number of aromatic hydroxyl groups is 1. The van der Waals surface area contributed by atoms with Gasteiger partial charge in [-0.05, 0) is 23.8 Å². The van der Waals surface area contributed by atoms with Crippen molar-refractivity contribution in [2.75, 3.05) is 0 Å². The van der Waals surface area contributed by atoms with Gasteiger partial charge in [0.25, 0.3) is 5.88 Å². The molecule has 1 aromatic heterocycles. The van der Waals surface area contributed by atoms with Crippen LogP contribution in [0.3, 0.4) is 0 Å². The molecular formula is C13H8F3N3O4. The van der Waals surface area contributed by atoms with Crippen LogP contribution in [0.2, 0.25) is 0 Å². The third kappa shape index (κ3) is 3.73. The summed E-state index contributed by atoms with van der Waals surface area (Å²) >= 11 is 0. The van der Waals surface area contributed by atoms with Crippen LogP contribution in [0.25, 0.3) is 12.2 Å². The molecule has 1 aromatic carbocycles. The molecule has 0 radical (unpaired) electrons. The summed E-state index contributed by atoms with van der Waals surface area (Å²) in [5.41, 5.74) is -2.67. The summed E-state index contributed by atoms with van der Waals surface area (Å²) < 4.78 is 37.2. The van der Waals surface area contributed by atoms with Crippen molar-refractivity contribution < 1.29 is 23.2 Å². The standard InChI is InChI=1S/C13H8F3N3O4/c14-13(15,16)8-4-1-7(2-5-8)3-6-9-17-11(20)10(19(22)23)12(21)18-9/h1-6H,(H2,17,18,20,21). The Bertz CT molecular complexity index is 826. The van der Waals surface area contributed by atoms with Crippen molar-refractivity contribution in [1.82, 2.24) is 9.97 Å². The molecule has 0 aliphatic carbocycles. The molecule has 120 valence electrons. The van der Waals surface area contributed by atoms with E-state index in [1.807, 2.05) is 0 Å². The zero-order valence-corrected chi connectivity index (χ0v) is 11.2. The topological polar surface area (TPSA) is 109 Å². The number of hydrogen-bond acceptors (Lipinski definition) is 5. The second kappa shape index (κ2) is 5.91. The Balaban J connectivity index is 2.27. The second-order valence-electron chi connectivity index (χ2n) is 4.33. The highest BCUT2D eigenvalue weighted by Gasteiger charge is 2.29. The van der Waals surface area contributed by atoms with Gasteiger partial charge < -0.3 is 10.1 Å². The number of halogens is 3. The van der Waals surface area contributed by atoms with Crippen LogP contribution >= 0.6 is 0 Å². The minimum atomic E-state index is -4.45. The first kappa shape index (κ1) is 16.2. The Morgan fingerprint density at radius 2 is 1.83 bits per heavy atom. The number of alkyl halides is 3. The van der Waals surface area contributed by atoms with Crippen LogP contribution < -0.4 is 5.56 Å². The van der Waals surface area contributed by atoms with Gasteiger partial charge in [-0.2, -0.15) is 18.2 Å². The highest BCUT2D eigenvalue weighted by atomic mass is 19.4. The molecule has 0 saturated heterocycles. The van der Waals surface area contributed by atoms with E-state index in [0.29, 0.717) is 5.56 Å². The average molecular weight is 327 g/mol. The van der Waals surface area contributed by atoms with Gasteiger partial charge in [-0.15, -0.1) is 0 Å². The van der Waals surface area contributed by atoms with Crippen molar-refractivity contribution in [3.05, 3.63) is 61.7 Å². The SMILES string of the molecule is O=c1[nH]c(C=Cc2ccc(C(F)(F)F)cc2)nc(O)c1[N+](=O)[O-]. The summed E-state index contributed by atoms with van der Waals surface area (Å²) in [5, 5.41) is 19.9. The molecule has 2 aromatic rings. The maximum absolute atomic E-state index is 12.4. The van der Waals surface area contributed by atoms with Gasteiger partial charge in [0.1, 0.15) is 5.82 Å². The minimum absolute atomic E-state index is 0.182. The highest BCUT2D eigenvalue weighted by Crippen LogP contribution is 2.29. The van der Waals surface area contributed by atoms with E-state index in [9.17, 15) is 33.2 Å². The Kier molecular flexibility index (Phi) is 4.16. The van der Waals surface area contributed by atoms with Gasteiger partial charge in [0, 0.05) is 0 Å². The fourth-order valence-corrected chi connectivity index (χ4v) is 1.67. The van der Waals surface area contributed by atoms with Gasteiger partial charge in [-0.3, -0.25) is 14.9 Å². The molecule has 0 aliphatic rings. The normalized spacial score (nSPS) is 11.8. The van der Waals surface area contributed by atoms with Crippen molar-refractivity contribution >= 4 is 17.8 Å². The first-order valence-electron chi connectivity index (χ1n) is 6.01. The first-order chi connectivity index (χ1) is 10.7. The molecule has 0 saturated carbocycles. The molecule has 2 N–H and O–H groups in total. The fraction of sp³-hybridized carbons (Fsp3) is 0.0769. The smallest absolute Gasteiger partial charge is 0.416 e. The number of hydrogen-bond donors (Lipinski definition) is 2. The number of aromatic amines is 1. The average Bonchev–Trinajstić information content (AvgIpc) is 2.43. The van der Waals surface area contributed by atoms with Crippen LogP contribution in [-0.2, 0) is 6.18 Å². The van der Waals surface area contributed by atoms with Crippen LogP contribution in [0.15, 0.2) is 29.1 Å². The Labute approximate surface area is 125 Å². The van der Waals surface area contributed by atoms with Crippen molar-refractivity contribution in [3.63, 3.8) is 0 Å². The molecule has 0 unspecified atom stereocenters. The minimum Gasteiger partial charge on any atom is -0.488 e.